The Morgan fingerprint density at radius 1 is 1.07 bits per heavy atom. The second-order valence-electron chi connectivity index (χ2n) is 7.00. The molecule has 1 N–H and O–H groups in total. The Morgan fingerprint density at radius 3 is 2.37 bits per heavy atom. The quantitative estimate of drug-likeness (QED) is 0.414. The Bertz CT molecular complexity index is 1230. The van der Waals surface area contributed by atoms with Gasteiger partial charge in [-0.15, -0.1) is 0 Å². The Labute approximate surface area is 170 Å². The molecule has 0 spiro atoms. The van der Waals surface area contributed by atoms with Crippen LogP contribution in [0.2, 0.25) is 0 Å². The summed E-state index contributed by atoms with van der Waals surface area (Å²) in [5.41, 5.74) is 1.86. The summed E-state index contributed by atoms with van der Waals surface area (Å²) in [6, 6.07) is 11.4. The number of pyridine rings is 1. The van der Waals surface area contributed by atoms with E-state index in [2.05, 4.69) is 4.98 Å². The molecule has 4 rings (SSSR count). The topological polar surface area (TPSA) is 72.6 Å². The number of carboxylic acid groups (broad SMARTS) is 1. The molecule has 0 aliphatic rings. The molecule has 0 amide bonds. The van der Waals surface area contributed by atoms with Gasteiger partial charge in [-0.2, -0.15) is 4.39 Å². The fraction of sp³-hybridized carbons (Fsp3) is 0.130. The molecule has 30 heavy (non-hydrogen) atoms. The number of aromatic carboxylic acids is 1. The third-order valence-electron chi connectivity index (χ3n) is 4.51. The number of nitrogens with zero attached hydrogens (tertiary/aromatic N) is 1. The van der Waals surface area contributed by atoms with Crippen molar-refractivity contribution in [3.05, 3.63) is 72.1 Å². The third-order valence-corrected chi connectivity index (χ3v) is 4.51. The fourth-order valence-electron chi connectivity index (χ4n) is 3.25. The van der Waals surface area contributed by atoms with Crippen LogP contribution in [0.15, 0.2) is 59.1 Å². The SMILES string of the molecule is CC(C)Oc1cc2c(C(=O)O)c(-c3ccc(F)cc3)oc2cc1-c1ccc(F)nc1. The van der Waals surface area contributed by atoms with Gasteiger partial charge in [-0.3, -0.25) is 0 Å². The van der Waals surface area contributed by atoms with E-state index in [1.165, 1.54) is 36.5 Å². The number of hydrogen-bond acceptors (Lipinski definition) is 4. The fourth-order valence-corrected chi connectivity index (χ4v) is 3.25. The smallest absolute Gasteiger partial charge is 0.340 e. The maximum Gasteiger partial charge on any atom is 0.340 e. The van der Waals surface area contributed by atoms with E-state index in [0.29, 0.717) is 33.4 Å². The molecular weight excluding hydrogens is 392 g/mol. The van der Waals surface area contributed by atoms with Gasteiger partial charge in [0, 0.05) is 28.3 Å². The molecular formula is C23H17F2NO4. The lowest BCUT2D eigenvalue weighted by Crippen LogP contribution is -2.07. The summed E-state index contributed by atoms with van der Waals surface area (Å²) in [4.78, 5) is 15.7. The van der Waals surface area contributed by atoms with Crippen LogP contribution in [0.1, 0.15) is 24.2 Å². The largest absolute Gasteiger partial charge is 0.490 e. The molecule has 0 aliphatic heterocycles. The molecule has 0 saturated carbocycles. The van der Waals surface area contributed by atoms with E-state index in [1.54, 1.807) is 18.2 Å². The zero-order chi connectivity index (χ0) is 21.4. The molecule has 7 heteroatoms. The van der Waals surface area contributed by atoms with E-state index >= 15 is 0 Å². The van der Waals surface area contributed by atoms with Crippen LogP contribution >= 0.6 is 0 Å². The van der Waals surface area contributed by atoms with Gasteiger partial charge in [-0.1, -0.05) is 0 Å². The lowest BCUT2D eigenvalue weighted by atomic mass is 10.0. The normalized spacial score (nSPS) is 11.2. The van der Waals surface area contributed by atoms with Crippen molar-refractivity contribution in [2.45, 2.75) is 20.0 Å². The highest BCUT2D eigenvalue weighted by molar-refractivity contribution is 6.09. The van der Waals surface area contributed by atoms with Crippen molar-refractivity contribution in [1.29, 1.82) is 0 Å². The minimum Gasteiger partial charge on any atom is -0.490 e. The lowest BCUT2D eigenvalue weighted by Gasteiger charge is -2.14. The van der Waals surface area contributed by atoms with E-state index in [9.17, 15) is 18.7 Å². The van der Waals surface area contributed by atoms with Crippen LogP contribution in [0.3, 0.4) is 0 Å². The number of benzene rings is 2. The minimum absolute atomic E-state index is 0.0472. The van der Waals surface area contributed by atoms with Crippen LogP contribution in [-0.4, -0.2) is 22.2 Å². The number of fused-ring (bicyclic) bond motifs is 1. The number of rotatable bonds is 5. The summed E-state index contributed by atoms with van der Waals surface area (Å²) in [6.45, 7) is 3.68. The van der Waals surface area contributed by atoms with E-state index in [1.807, 2.05) is 13.8 Å². The highest BCUT2D eigenvalue weighted by atomic mass is 19.1. The summed E-state index contributed by atoms with van der Waals surface area (Å²) in [7, 11) is 0. The first-order valence-corrected chi connectivity index (χ1v) is 9.22. The number of furan rings is 1. The molecule has 152 valence electrons. The van der Waals surface area contributed by atoms with Crippen molar-refractivity contribution in [1.82, 2.24) is 4.98 Å². The zero-order valence-corrected chi connectivity index (χ0v) is 16.1. The van der Waals surface area contributed by atoms with Gasteiger partial charge in [-0.25, -0.2) is 14.2 Å². The number of hydrogen-bond donors (Lipinski definition) is 1. The first-order chi connectivity index (χ1) is 14.3. The van der Waals surface area contributed by atoms with Crippen LogP contribution in [0.5, 0.6) is 5.75 Å². The summed E-state index contributed by atoms with van der Waals surface area (Å²) in [5.74, 6) is -1.71. The van der Waals surface area contributed by atoms with Gasteiger partial charge >= 0.3 is 5.97 Å². The maximum atomic E-state index is 13.3. The molecule has 0 fully saturated rings. The molecule has 5 nitrogen and oxygen atoms in total. The van der Waals surface area contributed by atoms with E-state index < -0.39 is 17.7 Å². The summed E-state index contributed by atoms with van der Waals surface area (Å²) >= 11 is 0. The van der Waals surface area contributed by atoms with E-state index in [0.717, 1.165) is 0 Å². The number of carbonyl (C=O) groups is 1. The second kappa shape index (κ2) is 7.59. The average molecular weight is 409 g/mol. The Hall–Kier alpha value is -3.74. The first-order valence-electron chi connectivity index (χ1n) is 9.22. The number of aromatic nitrogens is 1. The Morgan fingerprint density at radius 2 is 1.77 bits per heavy atom. The minimum atomic E-state index is -1.18. The van der Waals surface area contributed by atoms with Gasteiger partial charge in [0.15, 0.2) is 0 Å². The molecule has 4 aromatic rings. The lowest BCUT2D eigenvalue weighted by molar-refractivity contribution is 0.0699. The average Bonchev–Trinajstić information content (AvgIpc) is 3.07. The van der Waals surface area contributed by atoms with Crippen molar-refractivity contribution >= 4 is 16.9 Å². The summed E-state index contributed by atoms with van der Waals surface area (Å²) in [5, 5.41) is 10.2. The molecule has 2 heterocycles. The van der Waals surface area contributed by atoms with Crippen LogP contribution in [0.4, 0.5) is 8.78 Å². The van der Waals surface area contributed by atoms with E-state index in [-0.39, 0.29) is 17.4 Å². The van der Waals surface area contributed by atoms with E-state index in [4.69, 9.17) is 9.15 Å². The van der Waals surface area contributed by atoms with Crippen molar-refractivity contribution in [2.24, 2.45) is 0 Å². The number of ether oxygens (including phenoxy) is 1. The standard InChI is InChI=1S/C23H17F2NO4/c1-12(2)29-18-10-17-19(9-16(18)14-5-8-20(25)26-11-14)30-22(21(17)23(27)28)13-3-6-15(24)7-4-13/h3-12H,1-2H3,(H,27,28). The van der Waals surface area contributed by atoms with Gasteiger partial charge < -0.3 is 14.3 Å². The highest BCUT2D eigenvalue weighted by Gasteiger charge is 2.24. The highest BCUT2D eigenvalue weighted by Crippen LogP contribution is 2.40. The van der Waals surface area contributed by atoms with Gasteiger partial charge in [-0.05, 0) is 62.4 Å². The summed E-state index contributed by atoms with van der Waals surface area (Å²) in [6.07, 6.45) is 1.18. The third kappa shape index (κ3) is 3.61. The monoisotopic (exact) mass is 409 g/mol. The molecule has 0 atom stereocenters. The van der Waals surface area contributed by atoms with Crippen LogP contribution in [-0.2, 0) is 0 Å². The van der Waals surface area contributed by atoms with Crippen molar-refractivity contribution in [2.75, 3.05) is 0 Å². The Balaban J connectivity index is 1.98. The van der Waals surface area contributed by atoms with Crippen molar-refractivity contribution in [3.8, 4) is 28.2 Å². The van der Waals surface area contributed by atoms with Gasteiger partial charge in [0.25, 0.3) is 0 Å². The van der Waals surface area contributed by atoms with Gasteiger partial charge in [0.2, 0.25) is 5.95 Å². The summed E-state index contributed by atoms with van der Waals surface area (Å²) < 4.78 is 38.4. The van der Waals surface area contributed by atoms with Crippen molar-refractivity contribution in [3.63, 3.8) is 0 Å². The molecule has 2 aromatic carbocycles. The van der Waals surface area contributed by atoms with Gasteiger partial charge in [0.1, 0.15) is 28.5 Å². The second-order valence-corrected chi connectivity index (χ2v) is 7.00. The Kier molecular flexibility index (Phi) is 4.95. The zero-order valence-electron chi connectivity index (χ0n) is 16.1. The van der Waals surface area contributed by atoms with Crippen LogP contribution in [0.25, 0.3) is 33.4 Å². The maximum absolute atomic E-state index is 13.3. The molecule has 0 radical (unpaired) electrons. The first kappa shape index (κ1) is 19.6. The predicted molar refractivity (Wildman–Crippen MR) is 108 cm³/mol. The number of carboxylic acids is 1. The van der Waals surface area contributed by atoms with Gasteiger partial charge in [0.05, 0.1) is 6.10 Å². The number of halogens is 2. The van der Waals surface area contributed by atoms with Crippen LogP contribution < -0.4 is 4.74 Å². The molecule has 0 bridgehead atoms. The molecule has 0 unspecified atom stereocenters. The molecule has 0 aliphatic carbocycles. The molecule has 0 saturated heterocycles. The predicted octanol–water partition coefficient (Wildman–Crippen LogP) is 5.93. The molecule has 2 aromatic heterocycles. The van der Waals surface area contributed by atoms with Crippen LogP contribution in [0, 0.1) is 11.8 Å². The van der Waals surface area contributed by atoms with Crippen molar-refractivity contribution < 1.29 is 27.8 Å².